The van der Waals surface area contributed by atoms with Crippen LogP contribution >= 0.6 is 12.4 Å². The summed E-state index contributed by atoms with van der Waals surface area (Å²) in [4.78, 5) is 4.67. The molecular weight excluding hydrogens is 308 g/mol. The zero-order chi connectivity index (χ0) is 14.8. The van der Waals surface area contributed by atoms with Crippen LogP contribution in [0, 0.1) is 0 Å². The first-order chi connectivity index (χ1) is 10.9. The third kappa shape index (κ3) is 3.06. The normalized spacial score (nSPS) is 21.7. The number of aryl methyl sites for hydroxylation is 1. The van der Waals surface area contributed by atoms with Crippen molar-refractivity contribution < 1.29 is 4.74 Å². The predicted molar refractivity (Wildman–Crippen MR) is 95.8 cm³/mol. The van der Waals surface area contributed by atoms with Crippen molar-refractivity contribution in [2.24, 2.45) is 4.99 Å². The molecule has 0 saturated carbocycles. The van der Waals surface area contributed by atoms with Crippen molar-refractivity contribution in [3.8, 4) is 5.75 Å². The molecule has 0 spiro atoms. The number of para-hydroxylation sites is 1. The van der Waals surface area contributed by atoms with E-state index in [0.29, 0.717) is 0 Å². The molecule has 0 fully saturated rings. The van der Waals surface area contributed by atoms with E-state index in [2.05, 4.69) is 58.8 Å². The zero-order valence-electron chi connectivity index (χ0n) is 13.0. The first-order valence-electron chi connectivity index (χ1n) is 7.95. The van der Waals surface area contributed by atoms with E-state index in [0.717, 1.165) is 43.9 Å². The molecule has 0 amide bonds. The molecule has 2 aromatic rings. The van der Waals surface area contributed by atoms with Crippen LogP contribution in [0.25, 0.3) is 0 Å². The molecule has 2 aromatic carbocycles. The van der Waals surface area contributed by atoms with Gasteiger partial charge in [-0.2, -0.15) is 0 Å². The van der Waals surface area contributed by atoms with E-state index in [9.17, 15) is 0 Å². The van der Waals surface area contributed by atoms with Crippen LogP contribution in [0.4, 0.5) is 0 Å². The minimum absolute atomic E-state index is 0. The molecule has 3 nitrogen and oxygen atoms in total. The average Bonchev–Trinajstić information content (AvgIpc) is 3.22. The summed E-state index contributed by atoms with van der Waals surface area (Å²) in [5.41, 5.74) is 2.31. The zero-order valence-corrected chi connectivity index (χ0v) is 13.8. The van der Waals surface area contributed by atoms with Gasteiger partial charge in [-0.05, 0) is 30.0 Å². The highest BCUT2D eigenvalue weighted by Crippen LogP contribution is 2.38. The van der Waals surface area contributed by atoms with Gasteiger partial charge in [0.1, 0.15) is 11.6 Å². The minimum Gasteiger partial charge on any atom is -0.479 e. The Morgan fingerprint density at radius 2 is 1.83 bits per heavy atom. The third-order valence-corrected chi connectivity index (χ3v) is 4.52. The lowest BCUT2D eigenvalue weighted by Gasteiger charge is -2.29. The van der Waals surface area contributed by atoms with Gasteiger partial charge in [-0.15, -0.1) is 12.4 Å². The number of hydrogen-bond acceptors (Lipinski definition) is 3. The van der Waals surface area contributed by atoms with Gasteiger partial charge in [-0.25, -0.2) is 0 Å². The summed E-state index contributed by atoms with van der Waals surface area (Å²) in [7, 11) is 0. The smallest absolute Gasteiger partial charge is 0.170 e. The summed E-state index contributed by atoms with van der Waals surface area (Å²) in [6.07, 6.45) is 2.84. The summed E-state index contributed by atoms with van der Waals surface area (Å²) in [6.45, 7) is 1.77. The Balaban J connectivity index is 0.00000156. The molecule has 0 saturated heterocycles. The second kappa shape index (κ2) is 6.63. The maximum Gasteiger partial charge on any atom is 0.170 e. The van der Waals surface area contributed by atoms with Gasteiger partial charge in [0.25, 0.3) is 0 Å². The van der Waals surface area contributed by atoms with Crippen molar-refractivity contribution in [2.75, 3.05) is 13.1 Å². The highest BCUT2D eigenvalue weighted by molar-refractivity contribution is 5.93. The molecule has 0 aromatic heterocycles. The molecule has 2 heterocycles. The number of ether oxygens (including phenoxy) is 1. The Hall–Kier alpha value is -2.00. The van der Waals surface area contributed by atoms with Crippen LogP contribution in [-0.2, 0) is 12.8 Å². The van der Waals surface area contributed by atoms with Crippen molar-refractivity contribution in [3.05, 3.63) is 65.7 Å². The van der Waals surface area contributed by atoms with Crippen LogP contribution in [0.2, 0.25) is 0 Å². The van der Waals surface area contributed by atoms with Crippen LogP contribution in [-0.4, -0.2) is 24.5 Å². The highest BCUT2D eigenvalue weighted by atomic mass is 35.5. The van der Waals surface area contributed by atoms with E-state index in [1.165, 1.54) is 11.1 Å². The van der Waals surface area contributed by atoms with Crippen molar-refractivity contribution >= 4 is 18.2 Å². The van der Waals surface area contributed by atoms with Gasteiger partial charge in [0.2, 0.25) is 0 Å². The lowest BCUT2D eigenvalue weighted by molar-refractivity contribution is 0.156. The van der Waals surface area contributed by atoms with E-state index in [1.54, 1.807) is 0 Å². The van der Waals surface area contributed by atoms with Crippen LogP contribution in [0.1, 0.15) is 17.5 Å². The molecule has 2 aliphatic heterocycles. The number of fused-ring (bicyclic) bond motifs is 1. The van der Waals surface area contributed by atoms with Gasteiger partial charge in [0.05, 0.1) is 6.54 Å². The first-order valence-corrected chi connectivity index (χ1v) is 7.95. The number of rotatable bonds is 4. The second-order valence-corrected chi connectivity index (χ2v) is 6.02. The fraction of sp³-hybridized carbons (Fsp3) is 0.316. The number of nitrogens with zero attached hydrogens (tertiary/aromatic N) is 1. The Labute approximate surface area is 143 Å². The Morgan fingerprint density at radius 3 is 2.57 bits per heavy atom. The Bertz CT molecular complexity index is 675. The van der Waals surface area contributed by atoms with Gasteiger partial charge in [-0.3, -0.25) is 4.99 Å². The summed E-state index contributed by atoms with van der Waals surface area (Å²) >= 11 is 0. The van der Waals surface area contributed by atoms with E-state index in [-0.39, 0.29) is 18.0 Å². The van der Waals surface area contributed by atoms with E-state index in [4.69, 9.17) is 4.74 Å². The minimum atomic E-state index is -0.323. The van der Waals surface area contributed by atoms with Gasteiger partial charge in [0, 0.05) is 13.0 Å². The number of amidine groups is 1. The van der Waals surface area contributed by atoms with Crippen LogP contribution in [0.15, 0.2) is 59.6 Å². The lowest BCUT2D eigenvalue weighted by Crippen LogP contribution is -2.49. The summed E-state index contributed by atoms with van der Waals surface area (Å²) in [5.74, 6) is 2.03. The van der Waals surface area contributed by atoms with Gasteiger partial charge < -0.3 is 10.1 Å². The van der Waals surface area contributed by atoms with E-state index < -0.39 is 0 Å². The average molecular weight is 329 g/mol. The van der Waals surface area contributed by atoms with Crippen LogP contribution in [0.3, 0.4) is 0 Å². The third-order valence-electron chi connectivity index (χ3n) is 4.52. The van der Waals surface area contributed by atoms with Crippen LogP contribution in [0.5, 0.6) is 5.75 Å². The predicted octanol–water partition coefficient (Wildman–Crippen LogP) is 3.42. The van der Waals surface area contributed by atoms with Gasteiger partial charge in [-0.1, -0.05) is 48.5 Å². The molecule has 120 valence electrons. The SMILES string of the molecule is Cl.c1ccc(CCC2(C3=NCCN3)Cc3ccccc3O2)cc1. The highest BCUT2D eigenvalue weighted by Gasteiger charge is 2.44. The van der Waals surface area contributed by atoms with Gasteiger partial charge in [0.15, 0.2) is 5.60 Å². The molecule has 2 aliphatic rings. The molecule has 0 radical (unpaired) electrons. The molecule has 1 unspecified atom stereocenters. The fourth-order valence-corrected chi connectivity index (χ4v) is 3.39. The molecule has 1 atom stereocenters. The largest absolute Gasteiger partial charge is 0.479 e. The second-order valence-electron chi connectivity index (χ2n) is 6.02. The molecule has 4 heteroatoms. The number of benzene rings is 2. The number of aliphatic imine (C=N–C) groups is 1. The quantitative estimate of drug-likeness (QED) is 0.933. The maximum atomic E-state index is 6.41. The summed E-state index contributed by atoms with van der Waals surface area (Å²) < 4.78 is 6.41. The van der Waals surface area contributed by atoms with Gasteiger partial charge >= 0.3 is 0 Å². The molecular formula is C19H21ClN2O. The summed E-state index contributed by atoms with van der Waals surface area (Å²) in [5, 5.41) is 3.44. The lowest BCUT2D eigenvalue weighted by atomic mass is 9.89. The molecule has 4 rings (SSSR count). The first kappa shape index (κ1) is 15.9. The monoisotopic (exact) mass is 328 g/mol. The fourth-order valence-electron chi connectivity index (χ4n) is 3.39. The Morgan fingerprint density at radius 1 is 1.04 bits per heavy atom. The maximum absolute atomic E-state index is 6.41. The number of nitrogens with one attached hydrogen (secondary N) is 1. The molecule has 1 N–H and O–H groups in total. The van der Waals surface area contributed by atoms with Crippen molar-refractivity contribution in [2.45, 2.75) is 24.9 Å². The number of halogens is 1. The molecule has 23 heavy (non-hydrogen) atoms. The summed E-state index contributed by atoms with van der Waals surface area (Å²) in [6, 6.07) is 19.0. The van der Waals surface area contributed by atoms with Crippen molar-refractivity contribution in [1.29, 1.82) is 0 Å². The van der Waals surface area contributed by atoms with Crippen molar-refractivity contribution in [3.63, 3.8) is 0 Å². The topological polar surface area (TPSA) is 33.6 Å². The van der Waals surface area contributed by atoms with E-state index in [1.807, 2.05) is 6.07 Å². The standard InChI is InChI=1S/C19H20N2O.ClH/c1-2-6-15(7-3-1)10-11-19(18-20-12-13-21-18)14-16-8-4-5-9-17(16)22-19;/h1-9H,10-14H2,(H,20,21);1H. The number of hydrogen-bond donors (Lipinski definition) is 1. The molecule has 0 bridgehead atoms. The molecule has 0 aliphatic carbocycles. The Kier molecular flexibility index (Phi) is 4.58. The van der Waals surface area contributed by atoms with E-state index >= 15 is 0 Å². The van der Waals surface area contributed by atoms with Crippen LogP contribution < -0.4 is 10.1 Å². The van der Waals surface area contributed by atoms with Crippen molar-refractivity contribution in [1.82, 2.24) is 5.32 Å².